The molecule has 3 aromatic carbocycles. The van der Waals surface area contributed by atoms with Gasteiger partial charge in [-0.1, -0.05) is 68.4 Å². The highest BCUT2D eigenvalue weighted by Gasteiger charge is 2.42. The van der Waals surface area contributed by atoms with E-state index in [-0.39, 0.29) is 35.4 Å². The Bertz CT molecular complexity index is 3510. The van der Waals surface area contributed by atoms with E-state index in [4.69, 9.17) is 19.5 Å². The molecular weight excluding hydrogens is 1040 g/mol. The Labute approximate surface area is 485 Å². The first-order valence-corrected chi connectivity index (χ1v) is 31.5. The number of phenolic OH excluding ortho intramolecular Hbond substituents is 1. The van der Waals surface area contributed by atoms with Crippen LogP contribution < -0.4 is 25.3 Å². The lowest BCUT2D eigenvalue weighted by Crippen LogP contribution is -2.51. The number of carbonyl (C=O) groups is 2. The van der Waals surface area contributed by atoms with E-state index in [1.54, 1.807) is 16.2 Å². The fourth-order valence-electron chi connectivity index (χ4n) is 15.4. The molecule has 6 aliphatic heterocycles. The van der Waals surface area contributed by atoms with E-state index in [1.165, 1.54) is 43.1 Å². The molecule has 16 nitrogen and oxygen atoms in total. The summed E-state index contributed by atoms with van der Waals surface area (Å²) in [6, 6.07) is 20.7. The Morgan fingerprint density at radius 2 is 1.60 bits per heavy atom. The lowest BCUT2D eigenvalue weighted by molar-refractivity contribution is -0.141. The van der Waals surface area contributed by atoms with Gasteiger partial charge in [-0.05, 0) is 148 Å². The molecule has 6 fully saturated rings. The van der Waals surface area contributed by atoms with Crippen LogP contribution in [0.2, 0.25) is 0 Å². The molecule has 3 unspecified atom stereocenters. The first-order valence-electron chi connectivity index (χ1n) is 30.6. The molecule has 2 amide bonds. The first-order chi connectivity index (χ1) is 39.9. The summed E-state index contributed by atoms with van der Waals surface area (Å²) in [6.45, 7) is 20.1. The number of nitrogens with one attached hydrogen (secondary N) is 2. The zero-order valence-corrected chi connectivity index (χ0v) is 49.0. The average Bonchev–Trinajstić information content (AvgIpc) is 4.14. The van der Waals surface area contributed by atoms with Crippen molar-refractivity contribution in [2.75, 3.05) is 80.1 Å². The molecule has 6 saturated heterocycles. The van der Waals surface area contributed by atoms with Crippen LogP contribution >= 0.6 is 11.3 Å². The zero-order valence-electron chi connectivity index (χ0n) is 48.2. The molecule has 428 valence electrons. The van der Waals surface area contributed by atoms with Gasteiger partial charge < -0.3 is 44.8 Å². The third kappa shape index (κ3) is 9.95. The number of likely N-dealkylation sites (tertiary alicyclic amines) is 2. The SMILES string of the molecule is Cc1ncsc1-c1ccc([C@H](C)NC(=O)[C@@H]2CCCN2C(=O)[C@@H](c2cc(N3CC(CC4CCN(CC5CCN(c6nc(N7CC8CCC(C7)N8)c7cnc8c(c7n6)C(C)c6cccc7cc(O)cc-8c67)CC5)CC4)C3)no2)C(C)C)cc1. The van der Waals surface area contributed by atoms with Crippen LogP contribution in [-0.2, 0) is 9.59 Å². The van der Waals surface area contributed by atoms with Crippen molar-refractivity contribution in [3.8, 4) is 27.4 Å². The van der Waals surface area contributed by atoms with Crippen LogP contribution in [0, 0.1) is 30.6 Å². The predicted molar refractivity (Wildman–Crippen MR) is 324 cm³/mol. The molecule has 7 aromatic rings. The van der Waals surface area contributed by atoms with Gasteiger partial charge in [0.1, 0.15) is 23.5 Å². The third-order valence-corrected chi connectivity index (χ3v) is 20.8. The minimum atomic E-state index is -0.520. The molecule has 6 atom stereocenters. The Hall–Kier alpha value is -6.69. The second kappa shape index (κ2) is 21.8. The quantitative estimate of drug-likeness (QED) is 0.0939. The zero-order chi connectivity index (χ0) is 55.9. The molecule has 17 heteroatoms. The van der Waals surface area contributed by atoms with Crippen LogP contribution in [0.15, 0.2) is 76.9 Å². The maximum Gasteiger partial charge on any atom is 0.243 e. The number of fused-ring (bicyclic) bond motifs is 6. The minimum Gasteiger partial charge on any atom is -0.508 e. The number of pyridine rings is 1. The topological polar surface area (TPSA) is 172 Å². The number of aryl methyl sites for hydroxylation is 1. The van der Waals surface area contributed by atoms with Gasteiger partial charge in [-0.2, -0.15) is 4.98 Å². The summed E-state index contributed by atoms with van der Waals surface area (Å²) in [4.78, 5) is 61.7. The first kappa shape index (κ1) is 53.3. The van der Waals surface area contributed by atoms with Gasteiger partial charge in [0.15, 0.2) is 11.6 Å². The fourth-order valence-corrected chi connectivity index (χ4v) is 16.2. The van der Waals surface area contributed by atoms with E-state index in [9.17, 15) is 14.7 Å². The number of hydrogen-bond acceptors (Lipinski definition) is 15. The summed E-state index contributed by atoms with van der Waals surface area (Å²) in [5.74, 6) is 4.86. The highest BCUT2D eigenvalue weighted by atomic mass is 32.1. The van der Waals surface area contributed by atoms with Crippen molar-refractivity contribution >= 4 is 62.4 Å². The van der Waals surface area contributed by atoms with Gasteiger partial charge in [-0.25, -0.2) is 9.97 Å². The molecule has 82 heavy (non-hydrogen) atoms. The van der Waals surface area contributed by atoms with Crippen molar-refractivity contribution in [1.82, 2.24) is 45.5 Å². The van der Waals surface area contributed by atoms with Crippen molar-refractivity contribution in [3.63, 3.8) is 0 Å². The van der Waals surface area contributed by atoms with Gasteiger partial charge >= 0.3 is 0 Å². The Balaban J connectivity index is 0.567. The summed E-state index contributed by atoms with van der Waals surface area (Å²) in [5.41, 5.74) is 10.3. The number of benzene rings is 3. The molecule has 2 bridgehead atoms. The van der Waals surface area contributed by atoms with Crippen molar-refractivity contribution in [2.45, 2.75) is 128 Å². The van der Waals surface area contributed by atoms with E-state index < -0.39 is 12.0 Å². The van der Waals surface area contributed by atoms with Gasteiger partial charge in [0.25, 0.3) is 0 Å². The maximum atomic E-state index is 14.4. The highest BCUT2D eigenvalue weighted by molar-refractivity contribution is 7.13. The Morgan fingerprint density at radius 3 is 2.34 bits per heavy atom. The number of thiazole rings is 1. The number of rotatable bonds is 14. The molecule has 0 spiro atoms. The summed E-state index contributed by atoms with van der Waals surface area (Å²) < 4.78 is 6.00. The molecule has 0 saturated carbocycles. The molecule has 1 aliphatic carbocycles. The normalized spacial score (nSPS) is 23.2. The average molecular weight is 1120 g/mol. The number of nitrogens with zero attached hydrogens (tertiary/aromatic N) is 10. The van der Waals surface area contributed by atoms with Crippen molar-refractivity contribution < 1.29 is 19.2 Å². The number of aromatic nitrogens is 5. The van der Waals surface area contributed by atoms with Crippen LogP contribution in [0.25, 0.3) is 43.4 Å². The minimum absolute atomic E-state index is 0.0285. The molecule has 7 aliphatic rings. The van der Waals surface area contributed by atoms with E-state index in [1.807, 2.05) is 43.8 Å². The standard InChI is InChI=1S/C65H78N12O4S/c1-37(2)56(64(80)77-21-7-10-53(77)63(79)68-39(4)44-11-13-45(14-12-44)61-40(5)67-36-82-61)54-29-55(72-81-54)75-32-43(33-75)26-41-17-22-73(23-18-41)31-42-19-24-74(25-20-42)65-70-60-52(62(71-65)76-34-47-15-16-48(35-76)69-47)30-66-59-51-28-49(78)27-46-8-6-9-50(58(46)51)38(3)57(59)60/h6,8-9,11-14,27-30,36-39,41-43,47-48,53,56,69,78H,7,10,15-26,31-35H2,1-5H3,(H,68,79)/t38?,39-,47?,48?,53-,56+/m0/s1. The van der Waals surface area contributed by atoms with E-state index in [2.05, 4.69) is 104 Å². The van der Waals surface area contributed by atoms with Gasteiger partial charge in [0, 0.05) is 93.7 Å². The smallest absolute Gasteiger partial charge is 0.243 e. The van der Waals surface area contributed by atoms with E-state index in [0.29, 0.717) is 42.6 Å². The Morgan fingerprint density at radius 1 is 0.829 bits per heavy atom. The number of anilines is 3. The summed E-state index contributed by atoms with van der Waals surface area (Å²) in [7, 11) is 0. The van der Waals surface area contributed by atoms with E-state index in [0.717, 1.165) is 156 Å². The van der Waals surface area contributed by atoms with Gasteiger partial charge in [0.05, 0.1) is 38.7 Å². The van der Waals surface area contributed by atoms with Crippen molar-refractivity contribution in [3.05, 3.63) is 101 Å². The summed E-state index contributed by atoms with van der Waals surface area (Å²) >= 11 is 1.63. The number of hydrogen-bond donors (Lipinski definition) is 3. The van der Waals surface area contributed by atoms with Gasteiger partial charge in [-0.15, -0.1) is 11.3 Å². The second-order valence-corrected chi connectivity index (χ2v) is 26.5. The maximum absolute atomic E-state index is 14.4. The lowest BCUT2D eigenvalue weighted by atomic mass is 9.79. The summed E-state index contributed by atoms with van der Waals surface area (Å²) in [6.07, 6.45) is 11.8. The van der Waals surface area contributed by atoms with Crippen LogP contribution in [-0.4, -0.2) is 135 Å². The van der Waals surface area contributed by atoms with Crippen LogP contribution in [0.1, 0.15) is 132 Å². The monoisotopic (exact) mass is 1120 g/mol. The molecule has 14 rings (SSSR count). The number of piperazine rings is 1. The lowest BCUT2D eigenvalue weighted by Gasteiger charge is -2.43. The number of amides is 2. The van der Waals surface area contributed by atoms with Gasteiger partial charge in [0.2, 0.25) is 17.8 Å². The Kier molecular flexibility index (Phi) is 14.2. The van der Waals surface area contributed by atoms with Crippen LogP contribution in [0.5, 0.6) is 5.75 Å². The van der Waals surface area contributed by atoms with Gasteiger partial charge in [-0.3, -0.25) is 14.6 Å². The number of carbonyl (C=O) groups excluding carboxylic acids is 2. The molecule has 0 radical (unpaired) electrons. The van der Waals surface area contributed by atoms with Crippen LogP contribution in [0.4, 0.5) is 17.6 Å². The van der Waals surface area contributed by atoms with E-state index >= 15 is 0 Å². The van der Waals surface area contributed by atoms with Crippen LogP contribution in [0.3, 0.4) is 0 Å². The van der Waals surface area contributed by atoms with Crippen molar-refractivity contribution in [2.24, 2.45) is 23.7 Å². The molecular formula is C65H78N12O4S. The molecule has 3 N–H and O–H groups in total. The molecule has 10 heterocycles. The fraction of sp³-hybridized carbons (Fsp3) is 0.523. The highest BCUT2D eigenvalue weighted by Crippen LogP contribution is 2.49. The molecule has 4 aromatic heterocycles. The summed E-state index contributed by atoms with van der Waals surface area (Å²) in [5, 5.41) is 25.7. The second-order valence-electron chi connectivity index (χ2n) is 25.6. The third-order valence-electron chi connectivity index (χ3n) is 19.9. The van der Waals surface area contributed by atoms with Crippen molar-refractivity contribution in [1.29, 1.82) is 0 Å². The number of aromatic hydroxyl groups is 1. The number of phenols is 1. The number of piperidine rings is 2. The largest absolute Gasteiger partial charge is 0.508 e. The predicted octanol–water partition coefficient (Wildman–Crippen LogP) is 10.4.